The third-order valence-corrected chi connectivity index (χ3v) is 1.74. The van der Waals surface area contributed by atoms with E-state index in [0.717, 1.165) is 5.56 Å². The Morgan fingerprint density at radius 3 is 2.60 bits per heavy atom. The zero-order valence-corrected chi connectivity index (χ0v) is 8.77. The molecule has 0 radical (unpaired) electrons. The average molecular weight is 207 g/mol. The molecule has 0 fully saturated rings. The summed E-state index contributed by atoms with van der Waals surface area (Å²) in [7, 11) is 1.35. The number of hydrogen-bond donors (Lipinski definition) is 0. The minimum atomic E-state index is -0.344. The van der Waals surface area contributed by atoms with E-state index in [4.69, 9.17) is 4.84 Å². The molecular weight excluding hydrogens is 194 g/mol. The maximum absolute atomic E-state index is 11.1. The lowest BCUT2D eigenvalue weighted by atomic mass is 10.1. The molecule has 0 heterocycles. The molecule has 0 atom stereocenters. The van der Waals surface area contributed by atoms with Gasteiger partial charge in [-0.2, -0.15) is 0 Å². The summed E-state index contributed by atoms with van der Waals surface area (Å²) >= 11 is 0. The van der Waals surface area contributed by atoms with Crippen molar-refractivity contribution in [3.8, 4) is 0 Å². The van der Waals surface area contributed by atoms with Gasteiger partial charge in [0.05, 0.1) is 18.9 Å². The van der Waals surface area contributed by atoms with Crippen molar-refractivity contribution in [2.45, 2.75) is 6.92 Å². The van der Waals surface area contributed by atoms with Gasteiger partial charge in [-0.05, 0) is 24.6 Å². The van der Waals surface area contributed by atoms with Gasteiger partial charge in [-0.25, -0.2) is 4.79 Å². The molecule has 4 nitrogen and oxygen atoms in total. The van der Waals surface area contributed by atoms with Crippen LogP contribution in [0.15, 0.2) is 29.4 Å². The lowest BCUT2D eigenvalue weighted by Crippen LogP contribution is -2.00. The number of nitrogens with zero attached hydrogens (tertiary/aromatic N) is 1. The van der Waals surface area contributed by atoms with Crippen molar-refractivity contribution in [2.75, 3.05) is 13.7 Å². The zero-order valence-electron chi connectivity index (χ0n) is 8.77. The van der Waals surface area contributed by atoms with E-state index in [0.29, 0.717) is 12.2 Å². The fourth-order valence-electron chi connectivity index (χ4n) is 0.996. The van der Waals surface area contributed by atoms with Crippen LogP contribution in [0.4, 0.5) is 0 Å². The first-order valence-corrected chi connectivity index (χ1v) is 4.61. The molecule has 0 saturated carbocycles. The van der Waals surface area contributed by atoms with E-state index < -0.39 is 0 Å². The third kappa shape index (κ3) is 3.42. The largest absolute Gasteiger partial charge is 0.465 e. The lowest BCUT2D eigenvalue weighted by Gasteiger charge is -1.98. The molecule has 0 N–H and O–H groups in total. The van der Waals surface area contributed by atoms with Gasteiger partial charge in [-0.1, -0.05) is 17.3 Å². The molecule has 0 aromatic heterocycles. The van der Waals surface area contributed by atoms with Gasteiger partial charge < -0.3 is 9.57 Å². The van der Waals surface area contributed by atoms with Crippen molar-refractivity contribution in [1.82, 2.24) is 0 Å². The molecule has 0 aliphatic rings. The van der Waals surface area contributed by atoms with Gasteiger partial charge in [-0.3, -0.25) is 0 Å². The van der Waals surface area contributed by atoms with E-state index in [1.807, 2.05) is 6.92 Å². The van der Waals surface area contributed by atoms with Crippen molar-refractivity contribution in [3.63, 3.8) is 0 Å². The monoisotopic (exact) mass is 207 g/mol. The van der Waals surface area contributed by atoms with E-state index in [-0.39, 0.29) is 5.97 Å². The van der Waals surface area contributed by atoms with E-state index in [1.165, 1.54) is 7.11 Å². The summed E-state index contributed by atoms with van der Waals surface area (Å²) in [4.78, 5) is 15.9. The Morgan fingerprint density at radius 1 is 1.40 bits per heavy atom. The maximum Gasteiger partial charge on any atom is 0.337 e. The van der Waals surface area contributed by atoms with E-state index in [9.17, 15) is 4.79 Å². The van der Waals surface area contributed by atoms with Gasteiger partial charge in [-0.15, -0.1) is 0 Å². The SMILES string of the molecule is CCON=Cc1ccc(C(=O)OC)cc1. The minimum Gasteiger partial charge on any atom is -0.465 e. The Balaban J connectivity index is 2.68. The summed E-state index contributed by atoms with van der Waals surface area (Å²) in [5.41, 5.74) is 1.39. The number of benzene rings is 1. The Bertz CT molecular complexity index is 343. The summed E-state index contributed by atoms with van der Waals surface area (Å²) in [6, 6.07) is 6.90. The summed E-state index contributed by atoms with van der Waals surface area (Å²) in [6.07, 6.45) is 1.59. The van der Waals surface area contributed by atoms with Crippen molar-refractivity contribution in [1.29, 1.82) is 0 Å². The number of rotatable bonds is 4. The minimum absolute atomic E-state index is 0.344. The van der Waals surface area contributed by atoms with Gasteiger partial charge >= 0.3 is 5.97 Å². The number of oxime groups is 1. The number of carbonyl (C=O) groups excluding carboxylic acids is 1. The predicted molar refractivity (Wildman–Crippen MR) is 57.0 cm³/mol. The molecule has 0 aliphatic carbocycles. The molecule has 0 bridgehead atoms. The average Bonchev–Trinajstić information content (AvgIpc) is 2.29. The van der Waals surface area contributed by atoms with Crippen LogP contribution >= 0.6 is 0 Å². The van der Waals surface area contributed by atoms with Crippen molar-refractivity contribution in [3.05, 3.63) is 35.4 Å². The zero-order chi connectivity index (χ0) is 11.1. The Hall–Kier alpha value is -1.84. The molecule has 1 aromatic rings. The quantitative estimate of drug-likeness (QED) is 0.430. The molecule has 0 amide bonds. The van der Waals surface area contributed by atoms with Gasteiger partial charge in [0.1, 0.15) is 6.61 Å². The number of carbonyl (C=O) groups is 1. The van der Waals surface area contributed by atoms with Gasteiger partial charge in [0.15, 0.2) is 0 Å². The Kier molecular flexibility index (Phi) is 4.34. The molecular formula is C11H13NO3. The first kappa shape index (κ1) is 11.2. The highest BCUT2D eigenvalue weighted by molar-refractivity contribution is 5.90. The highest BCUT2D eigenvalue weighted by Crippen LogP contribution is 2.03. The number of hydrogen-bond acceptors (Lipinski definition) is 4. The summed E-state index contributed by atoms with van der Waals surface area (Å²) in [5.74, 6) is -0.344. The predicted octanol–water partition coefficient (Wildman–Crippen LogP) is 1.84. The number of methoxy groups -OCH3 is 1. The molecule has 0 unspecified atom stereocenters. The standard InChI is InChI=1S/C11H13NO3/c1-3-15-12-8-9-4-6-10(7-5-9)11(13)14-2/h4-8H,3H2,1-2H3. The molecule has 0 spiro atoms. The van der Waals surface area contributed by atoms with Crippen LogP contribution in [0.1, 0.15) is 22.8 Å². The summed E-state index contributed by atoms with van der Waals surface area (Å²) < 4.78 is 4.58. The fraction of sp³-hybridized carbons (Fsp3) is 0.273. The van der Waals surface area contributed by atoms with Crippen LogP contribution in [0.5, 0.6) is 0 Å². The molecule has 4 heteroatoms. The highest BCUT2D eigenvalue weighted by atomic mass is 16.6. The second-order valence-corrected chi connectivity index (χ2v) is 2.77. The van der Waals surface area contributed by atoms with Gasteiger partial charge in [0.25, 0.3) is 0 Å². The van der Waals surface area contributed by atoms with Crippen LogP contribution < -0.4 is 0 Å². The van der Waals surface area contributed by atoms with Crippen LogP contribution in [0.25, 0.3) is 0 Å². The smallest absolute Gasteiger partial charge is 0.337 e. The van der Waals surface area contributed by atoms with Gasteiger partial charge in [0, 0.05) is 0 Å². The van der Waals surface area contributed by atoms with Crippen LogP contribution in [0.3, 0.4) is 0 Å². The van der Waals surface area contributed by atoms with E-state index >= 15 is 0 Å². The van der Waals surface area contributed by atoms with Crippen LogP contribution in [0, 0.1) is 0 Å². The van der Waals surface area contributed by atoms with E-state index in [1.54, 1.807) is 30.5 Å². The molecule has 15 heavy (non-hydrogen) atoms. The first-order chi connectivity index (χ1) is 7.27. The number of ether oxygens (including phenoxy) is 1. The normalized spacial score (nSPS) is 10.3. The second kappa shape index (κ2) is 5.80. The Morgan fingerprint density at radius 2 is 2.07 bits per heavy atom. The number of esters is 1. The molecule has 0 aliphatic heterocycles. The molecule has 1 rings (SSSR count). The lowest BCUT2D eigenvalue weighted by molar-refractivity contribution is 0.0601. The van der Waals surface area contributed by atoms with Crippen LogP contribution in [-0.4, -0.2) is 25.9 Å². The first-order valence-electron chi connectivity index (χ1n) is 4.61. The van der Waals surface area contributed by atoms with Crippen molar-refractivity contribution in [2.24, 2.45) is 5.16 Å². The third-order valence-electron chi connectivity index (χ3n) is 1.74. The maximum atomic E-state index is 11.1. The highest BCUT2D eigenvalue weighted by Gasteiger charge is 2.02. The molecule has 80 valence electrons. The van der Waals surface area contributed by atoms with Crippen molar-refractivity contribution < 1.29 is 14.4 Å². The Labute approximate surface area is 88.5 Å². The molecule has 1 aromatic carbocycles. The second-order valence-electron chi connectivity index (χ2n) is 2.77. The van der Waals surface area contributed by atoms with Crippen LogP contribution in [0.2, 0.25) is 0 Å². The topological polar surface area (TPSA) is 47.9 Å². The fourth-order valence-corrected chi connectivity index (χ4v) is 0.996. The summed E-state index contributed by atoms with van der Waals surface area (Å²) in [5, 5.41) is 3.71. The van der Waals surface area contributed by atoms with E-state index in [2.05, 4.69) is 9.89 Å². The van der Waals surface area contributed by atoms with Gasteiger partial charge in [0.2, 0.25) is 0 Å². The van der Waals surface area contributed by atoms with Crippen molar-refractivity contribution >= 4 is 12.2 Å². The van der Waals surface area contributed by atoms with Crippen LogP contribution in [-0.2, 0) is 9.57 Å². The summed E-state index contributed by atoms with van der Waals surface area (Å²) in [6.45, 7) is 2.40. The molecule has 0 saturated heterocycles.